The van der Waals surface area contributed by atoms with Crippen molar-refractivity contribution in [1.82, 2.24) is 14.8 Å². The van der Waals surface area contributed by atoms with Crippen LogP contribution in [0.2, 0.25) is 0 Å². The van der Waals surface area contributed by atoms with Crippen LogP contribution < -0.4 is 11.1 Å². The molecule has 152 valence electrons. The number of nitrogens with two attached hydrogens (primary N) is 1. The second-order valence-corrected chi connectivity index (χ2v) is 7.00. The third-order valence-electron chi connectivity index (χ3n) is 4.72. The molecule has 29 heavy (non-hydrogen) atoms. The molecule has 2 aromatic rings. The number of rotatable bonds is 7. The van der Waals surface area contributed by atoms with Crippen LogP contribution in [0.1, 0.15) is 18.1 Å². The monoisotopic (exact) mass is 414 g/mol. The number of hydrogen-bond acceptors (Lipinski definition) is 5. The van der Waals surface area contributed by atoms with Gasteiger partial charge in [0.05, 0.1) is 18.7 Å². The Bertz CT molecular complexity index is 1040. The standard InChI is InChI=1S/C20H22N4O4S/c1-3-12-5-4-6-14-13(10-23(17(12)14)11-16(21)25)9-15-18(26)22-20(29)24(19(15)27)7-8-28-2/h4-6,9-10H,3,7-8,11H2,1-2H3,(H2,21,25)(H,22,26,29)/b15-9+. The minimum absolute atomic E-state index is 0.000872. The number of methoxy groups -OCH3 is 1. The lowest BCUT2D eigenvalue weighted by Gasteiger charge is -2.28. The van der Waals surface area contributed by atoms with Gasteiger partial charge < -0.3 is 15.0 Å². The van der Waals surface area contributed by atoms with Crippen molar-refractivity contribution in [1.29, 1.82) is 0 Å². The van der Waals surface area contributed by atoms with Gasteiger partial charge in [-0.25, -0.2) is 0 Å². The molecule has 0 saturated carbocycles. The minimum atomic E-state index is -0.559. The number of benzene rings is 1. The molecule has 0 radical (unpaired) electrons. The van der Waals surface area contributed by atoms with Gasteiger partial charge in [0.2, 0.25) is 5.91 Å². The number of carbonyl (C=O) groups is 3. The van der Waals surface area contributed by atoms with Crippen molar-refractivity contribution >= 4 is 52.0 Å². The molecule has 1 aromatic heterocycles. The fourth-order valence-electron chi connectivity index (χ4n) is 3.39. The first kappa shape index (κ1) is 20.7. The van der Waals surface area contributed by atoms with Crippen molar-refractivity contribution in [3.63, 3.8) is 0 Å². The first-order chi connectivity index (χ1) is 13.9. The Labute approximate surface area is 173 Å². The van der Waals surface area contributed by atoms with Crippen LogP contribution >= 0.6 is 12.2 Å². The molecule has 3 rings (SSSR count). The second kappa shape index (κ2) is 8.54. The van der Waals surface area contributed by atoms with Gasteiger partial charge in [-0.1, -0.05) is 25.1 Å². The number of carbonyl (C=O) groups excluding carboxylic acids is 3. The van der Waals surface area contributed by atoms with Crippen molar-refractivity contribution in [3.8, 4) is 0 Å². The molecule has 3 amide bonds. The Kier molecular flexibility index (Phi) is 6.09. The third kappa shape index (κ3) is 4.06. The highest BCUT2D eigenvalue weighted by Crippen LogP contribution is 2.28. The van der Waals surface area contributed by atoms with Gasteiger partial charge in [-0.2, -0.15) is 0 Å². The molecule has 8 nitrogen and oxygen atoms in total. The third-order valence-corrected chi connectivity index (χ3v) is 5.05. The van der Waals surface area contributed by atoms with E-state index in [0.717, 1.165) is 22.9 Å². The zero-order chi connectivity index (χ0) is 21.1. The summed E-state index contributed by atoms with van der Waals surface area (Å²) in [5, 5.41) is 3.42. The number of amides is 3. The lowest BCUT2D eigenvalue weighted by atomic mass is 10.0. The highest BCUT2D eigenvalue weighted by atomic mass is 32.1. The first-order valence-corrected chi connectivity index (χ1v) is 9.55. The van der Waals surface area contributed by atoms with E-state index in [1.165, 1.54) is 18.1 Å². The van der Waals surface area contributed by atoms with Gasteiger partial charge >= 0.3 is 0 Å². The summed E-state index contributed by atoms with van der Waals surface area (Å²) in [4.78, 5) is 38.2. The first-order valence-electron chi connectivity index (χ1n) is 9.14. The van der Waals surface area contributed by atoms with Crippen LogP contribution in [-0.2, 0) is 32.1 Å². The van der Waals surface area contributed by atoms with Gasteiger partial charge in [0.1, 0.15) is 12.1 Å². The van der Waals surface area contributed by atoms with Crippen molar-refractivity contribution in [2.75, 3.05) is 20.3 Å². The SMILES string of the molecule is CCc1cccc2c(/C=C3\C(=O)NC(=S)N(CCOC)C3=O)cn(CC(N)=O)c12. The predicted molar refractivity (Wildman–Crippen MR) is 113 cm³/mol. The molecule has 1 aliphatic heterocycles. The molecule has 0 spiro atoms. The number of fused-ring (bicyclic) bond motifs is 1. The maximum Gasteiger partial charge on any atom is 0.265 e. The average molecular weight is 414 g/mol. The van der Waals surface area contributed by atoms with Gasteiger partial charge in [0, 0.05) is 24.3 Å². The molecular formula is C20H22N4O4S. The van der Waals surface area contributed by atoms with Crippen LogP contribution in [0.4, 0.5) is 0 Å². The second-order valence-electron chi connectivity index (χ2n) is 6.61. The number of thiocarbonyl (C=S) groups is 1. The average Bonchev–Trinajstić information content (AvgIpc) is 3.02. The summed E-state index contributed by atoms with van der Waals surface area (Å²) in [7, 11) is 1.52. The number of nitrogens with zero attached hydrogens (tertiary/aromatic N) is 2. The minimum Gasteiger partial charge on any atom is -0.383 e. The molecule has 9 heteroatoms. The van der Waals surface area contributed by atoms with Gasteiger partial charge in [0.15, 0.2) is 5.11 Å². The smallest absolute Gasteiger partial charge is 0.265 e. The van der Waals surface area contributed by atoms with E-state index in [-0.39, 0.29) is 30.4 Å². The van der Waals surface area contributed by atoms with E-state index < -0.39 is 17.7 Å². The fraction of sp³-hybridized carbons (Fsp3) is 0.300. The van der Waals surface area contributed by atoms with Crippen molar-refractivity contribution in [2.45, 2.75) is 19.9 Å². The molecule has 0 atom stereocenters. The highest BCUT2D eigenvalue weighted by molar-refractivity contribution is 7.80. The normalized spacial score (nSPS) is 16.0. The number of nitrogens with one attached hydrogen (secondary N) is 1. The Morgan fingerprint density at radius 2 is 2.10 bits per heavy atom. The number of para-hydroxylation sites is 1. The number of primary amides is 1. The molecule has 2 heterocycles. The van der Waals surface area contributed by atoms with E-state index >= 15 is 0 Å². The molecule has 1 aliphatic rings. The Hall–Kier alpha value is -3.04. The number of aromatic nitrogens is 1. The number of hydrogen-bond donors (Lipinski definition) is 2. The lowest BCUT2D eigenvalue weighted by molar-refractivity contribution is -0.129. The number of aryl methyl sites for hydroxylation is 1. The Morgan fingerprint density at radius 3 is 2.76 bits per heavy atom. The van der Waals surface area contributed by atoms with Crippen LogP contribution in [0.25, 0.3) is 17.0 Å². The fourth-order valence-corrected chi connectivity index (χ4v) is 3.66. The van der Waals surface area contributed by atoms with Gasteiger partial charge in [-0.3, -0.25) is 24.6 Å². The van der Waals surface area contributed by atoms with Crippen LogP contribution in [-0.4, -0.2) is 52.6 Å². The topological polar surface area (TPSA) is 107 Å². The zero-order valence-electron chi connectivity index (χ0n) is 16.2. The Balaban J connectivity index is 2.11. The Morgan fingerprint density at radius 1 is 1.34 bits per heavy atom. The largest absolute Gasteiger partial charge is 0.383 e. The summed E-state index contributed by atoms with van der Waals surface area (Å²) in [5.74, 6) is -1.52. The van der Waals surface area contributed by atoms with E-state index in [1.807, 2.05) is 25.1 Å². The van der Waals surface area contributed by atoms with E-state index in [4.69, 9.17) is 22.7 Å². The summed E-state index contributed by atoms with van der Waals surface area (Å²) >= 11 is 5.11. The van der Waals surface area contributed by atoms with Crippen molar-refractivity contribution < 1.29 is 19.1 Å². The molecule has 1 saturated heterocycles. The number of ether oxygens (including phenoxy) is 1. The molecule has 0 unspecified atom stereocenters. The predicted octanol–water partition coefficient (Wildman–Crippen LogP) is 0.962. The van der Waals surface area contributed by atoms with E-state index in [9.17, 15) is 14.4 Å². The summed E-state index contributed by atoms with van der Waals surface area (Å²) < 4.78 is 6.76. The quantitative estimate of drug-likeness (QED) is 0.399. The van der Waals surface area contributed by atoms with E-state index in [0.29, 0.717) is 5.56 Å². The van der Waals surface area contributed by atoms with Crippen molar-refractivity contribution in [3.05, 3.63) is 41.1 Å². The molecular weight excluding hydrogens is 392 g/mol. The molecule has 1 aromatic carbocycles. The van der Waals surface area contributed by atoms with Crippen LogP contribution in [0, 0.1) is 0 Å². The lowest BCUT2D eigenvalue weighted by Crippen LogP contribution is -2.54. The van der Waals surface area contributed by atoms with Crippen LogP contribution in [0.3, 0.4) is 0 Å². The van der Waals surface area contributed by atoms with Gasteiger partial charge in [0.25, 0.3) is 11.8 Å². The van der Waals surface area contributed by atoms with E-state index in [2.05, 4.69) is 5.32 Å². The molecule has 1 fully saturated rings. The maximum absolute atomic E-state index is 12.9. The maximum atomic E-state index is 12.9. The van der Waals surface area contributed by atoms with Crippen molar-refractivity contribution in [2.24, 2.45) is 5.73 Å². The van der Waals surface area contributed by atoms with E-state index in [1.54, 1.807) is 10.8 Å². The highest BCUT2D eigenvalue weighted by Gasteiger charge is 2.33. The van der Waals surface area contributed by atoms with Gasteiger partial charge in [-0.15, -0.1) is 0 Å². The van der Waals surface area contributed by atoms with Gasteiger partial charge in [-0.05, 0) is 30.3 Å². The molecule has 0 bridgehead atoms. The molecule has 3 N–H and O–H groups in total. The summed E-state index contributed by atoms with van der Waals surface area (Å²) in [6.45, 7) is 2.53. The zero-order valence-corrected chi connectivity index (χ0v) is 17.0. The van der Waals surface area contributed by atoms with Crippen LogP contribution in [0.5, 0.6) is 0 Å². The van der Waals surface area contributed by atoms with Crippen LogP contribution in [0.15, 0.2) is 30.0 Å². The summed E-state index contributed by atoms with van der Waals surface area (Å²) in [6.07, 6.45) is 4.02. The summed E-state index contributed by atoms with van der Waals surface area (Å²) in [6, 6.07) is 5.76. The summed E-state index contributed by atoms with van der Waals surface area (Å²) in [5.41, 5.74) is 7.91. The molecule has 0 aliphatic carbocycles.